The lowest BCUT2D eigenvalue weighted by Crippen LogP contribution is -2.45. The molecular formula is C27H22ClN5O2S. The number of carbonyl (C=O) groups is 2. The average molecular weight is 516 g/mol. The summed E-state index contributed by atoms with van der Waals surface area (Å²) in [6.07, 6.45) is 3.30. The number of carbonyl (C=O) groups excluding carboxylic acids is 2. The van der Waals surface area contributed by atoms with E-state index in [0.29, 0.717) is 21.8 Å². The van der Waals surface area contributed by atoms with E-state index in [1.807, 2.05) is 66.9 Å². The Bertz CT molecular complexity index is 1420. The fourth-order valence-corrected chi connectivity index (χ4v) is 3.70. The van der Waals surface area contributed by atoms with Crippen molar-refractivity contribution in [2.75, 3.05) is 0 Å². The molecular weight excluding hydrogens is 494 g/mol. The molecule has 0 radical (unpaired) electrons. The molecule has 36 heavy (non-hydrogen) atoms. The average Bonchev–Trinajstić information content (AvgIpc) is 3.32. The third-order valence-electron chi connectivity index (χ3n) is 5.25. The van der Waals surface area contributed by atoms with Crippen molar-refractivity contribution in [3.05, 3.63) is 113 Å². The van der Waals surface area contributed by atoms with Crippen LogP contribution in [-0.4, -0.2) is 26.6 Å². The van der Waals surface area contributed by atoms with E-state index in [1.54, 1.807) is 35.0 Å². The fraction of sp³-hybridized carbons (Fsp3) is 0.0370. The third kappa shape index (κ3) is 6.24. The minimum atomic E-state index is -0.545. The highest BCUT2D eigenvalue weighted by Crippen LogP contribution is 2.27. The number of hydrogen-bond donors (Lipinski definition) is 3. The van der Waals surface area contributed by atoms with E-state index in [2.05, 4.69) is 10.9 Å². The third-order valence-corrected chi connectivity index (χ3v) is 5.60. The van der Waals surface area contributed by atoms with Gasteiger partial charge >= 0.3 is 0 Å². The van der Waals surface area contributed by atoms with Crippen molar-refractivity contribution in [2.45, 2.75) is 6.42 Å². The summed E-state index contributed by atoms with van der Waals surface area (Å²) in [6.45, 7) is 0. The molecule has 7 nitrogen and oxygen atoms in total. The topological polar surface area (TPSA) is 102 Å². The van der Waals surface area contributed by atoms with Crippen LogP contribution in [0.3, 0.4) is 0 Å². The number of amides is 1. The summed E-state index contributed by atoms with van der Waals surface area (Å²) in [5.41, 5.74) is 14.0. The molecule has 0 aliphatic carbocycles. The summed E-state index contributed by atoms with van der Waals surface area (Å²) in [5, 5.41) is 5.18. The van der Waals surface area contributed by atoms with Crippen LogP contribution in [0.25, 0.3) is 23.0 Å². The number of benzene rings is 3. The van der Waals surface area contributed by atoms with Crippen molar-refractivity contribution in [1.29, 1.82) is 0 Å². The quantitative estimate of drug-likeness (QED) is 0.142. The van der Waals surface area contributed by atoms with Crippen molar-refractivity contribution in [3.8, 4) is 16.9 Å². The predicted molar refractivity (Wildman–Crippen MR) is 145 cm³/mol. The van der Waals surface area contributed by atoms with Gasteiger partial charge in [0.05, 0.1) is 11.4 Å². The van der Waals surface area contributed by atoms with Crippen LogP contribution in [0.2, 0.25) is 5.02 Å². The Balaban J connectivity index is 1.77. The van der Waals surface area contributed by atoms with Gasteiger partial charge in [-0.15, -0.1) is 0 Å². The van der Waals surface area contributed by atoms with Gasteiger partial charge in [0.2, 0.25) is 0 Å². The zero-order valence-electron chi connectivity index (χ0n) is 19.0. The molecule has 3 aromatic carbocycles. The van der Waals surface area contributed by atoms with Crippen LogP contribution < -0.4 is 16.6 Å². The smallest absolute Gasteiger partial charge is 0.266 e. The van der Waals surface area contributed by atoms with Gasteiger partial charge in [0.15, 0.2) is 10.9 Å². The lowest BCUT2D eigenvalue weighted by molar-refractivity contribution is -0.118. The lowest BCUT2D eigenvalue weighted by Gasteiger charge is -2.10. The Hall–Kier alpha value is -4.27. The van der Waals surface area contributed by atoms with E-state index >= 15 is 0 Å². The van der Waals surface area contributed by atoms with E-state index in [1.165, 1.54) is 0 Å². The first-order valence-corrected chi connectivity index (χ1v) is 11.7. The van der Waals surface area contributed by atoms with Gasteiger partial charge in [-0.2, -0.15) is 5.10 Å². The van der Waals surface area contributed by atoms with Crippen molar-refractivity contribution >= 4 is 46.7 Å². The van der Waals surface area contributed by atoms with Gasteiger partial charge in [-0.25, -0.2) is 4.68 Å². The molecule has 4 aromatic rings. The van der Waals surface area contributed by atoms with Gasteiger partial charge in [0, 0.05) is 39.9 Å². The van der Waals surface area contributed by atoms with Crippen molar-refractivity contribution < 1.29 is 9.59 Å². The molecule has 0 saturated heterocycles. The van der Waals surface area contributed by atoms with Crippen LogP contribution in [0.5, 0.6) is 0 Å². The van der Waals surface area contributed by atoms with Crippen LogP contribution in [0, 0.1) is 0 Å². The number of nitrogens with two attached hydrogens (primary N) is 1. The number of nitrogens with zero attached hydrogens (tertiary/aromatic N) is 2. The van der Waals surface area contributed by atoms with E-state index in [-0.39, 0.29) is 22.9 Å². The normalized spacial score (nSPS) is 11.1. The van der Waals surface area contributed by atoms with Crippen LogP contribution in [-0.2, 0) is 4.79 Å². The molecule has 1 amide bonds. The van der Waals surface area contributed by atoms with Crippen LogP contribution in [0.15, 0.2) is 96.7 Å². The van der Waals surface area contributed by atoms with E-state index in [0.717, 1.165) is 11.3 Å². The van der Waals surface area contributed by atoms with Gasteiger partial charge in [-0.05, 0) is 54.7 Å². The molecule has 0 fully saturated rings. The highest BCUT2D eigenvalue weighted by molar-refractivity contribution is 7.80. The Labute approximate surface area is 218 Å². The van der Waals surface area contributed by atoms with Crippen molar-refractivity contribution in [1.82, 2.24) is 20.6 Å². The van der Waals surface area contributed by atoms with Gasteiger partial charge in [-0.1, -0.05) is 60.1 Å². The second-order valence-electron chi connectivity index (χ2n) is 7.80. The number of Topliss-reactive ketones (excluding diaryl/α,β-unsaturated/α-hetero) is 1. The van der Waals surface area contributed by atoms with Crippen molar-refractivity contribution in [3.63, 3.8) is 0 Å². The summed E-state index contributed by atoms with van der Waals surface area (Å²) < 4.78 is 1.73. The SMILES string of the molecule is NC(=S)NNC(=O)/C(=C/c1cn(-c2ccccc2)nc1-c1ccccc1)CC(=O)c1ccc(Cl)cc1. The molecule has 0 aliphatic heterocycles. The molecule has 0 bridgehead atoms. The van der Waals surface area contributed by atoms with Crippen molar-refractivity contribution in [2.24, 2.45) is 5.73 Å². The van der Waals surface area contributed by atoms with Crippen LogP contribution in [0.4, 0.5) is 0 Å². The van der Waals surface area contributed by atoms with Gasteiger partial charge in [0.25, 0.3) is 5.91 Å². The van der Waals surface area contributed by atoms with Crippen LogP contribution in [0.1, 0.15) is 22.3 Å². The van der Waals surface area contributed by atoms with E-state index < -0.39 is 5.91 Å². The van der Waals surface area contributed by atoms with Gasteiger partial charge in [0.1, 0.15) is 0 Å². The standard InChI is InChI=1S/C27H22ClN5O2S/c28-22-13-11-18(12-14-22)24(34)16-20(26(35)30-31-27(29)36)15-21-17-33(23-9-5-2-6-10-23)32-25(21)19-7-3-1-4-8-19/h1-15,17H,16H2,(H,30,35)(H3,29,31,36)/b20-15+. The zero-order chi connectivity index (χ0) is 25.5. The van der Waals surface area contributed by atoms with Gasteiger partial charge in [-0.3, -0.25) is 20.4 Å². The number of nitrogens with one attached hydrogen (secondary N) is 2. The number of rotatable bonds is 7. The second-order valence-corrected chi connectivity index (χ2v) is 8.68. The fourth-order valence-electron chi connectivity index (χ4n) is 3.52. The maximum atomic E-state index is 13.0. The van der Waals surface area contributed by atoms with Gasteiger partial charge < -0.3 is 5.73 Å². The number of thiocarbonyl (C=S) groups is 1. The molecule has 0 atom stereocenters. The first-order chi connectivity index (χ1) is 17.4. The summed E-state index contributed by atoms with van der Waals surface area (Å²) >= 11 is 10.7. The Morgan fingerprint density at radius 3 is 2.22 bits per heavy atom. The maximum absolute atomic E-state index is 13.0. The molecule has 1 aromatic heterocycles. The molecule has 9 heteroatoms. The Morgan fingerprint density at radius 1 is 0.944 bits per heavy atom. The molecule has 0 saturated carbocycles. The van der Waals surface area contributed by atoms with E-state index in [9.17, 15) is 9.59 Å². The monoisotopic (exact) mass is 515 g/mol. The zero-order valence-corrected chi connectivity index (χ0v) is 20.6. The molecule has 4 rings (SSSR count). The Morgan fingerprint density at radius 2 is 1.58 bits per heavy atom. The molecule has 4 N–H and O–H groups in total. The number of aromatic nitrogens is 2. The maximum Gasteiger partial charge on any atom is 0.266 e. The predicted octanol–water partition coefficient (Wildman–Crippen LogP) is 4.71. The summed E-state index contributed by atoms with van der Waals surface area (Å²) in [7, 11) is 0. The molecule has 0 unspecified atom stereocenters. The summed E-state index contributed by atoms with van der Waals surface area (Å²) in [6, 6.07) is 25.7. The molecule has 180 valence electrons. The number of para-hydroxylation sites is 1. The lowest BCUT2D eigenvalue weighted by atomic mass is 9.99. The number of hydrazine groups is 1. The number of ketones is 1. The number of hydrogen-bond acceptors (Lipinski definition) is 4. The largest absolute Gasteiger partial charge is 0.375 e. The molecule has 0 spiro atoms. The minimum Gasteiger partial charge on any atom is -0.375 e. The Kier molecular flexibility index (Phi) is 7.89. The first-order valence-electron chi connectivity index (χ1n) is 11.0. The number of halogens is 1. The second kappa shape index (κ2) is 11.4. The highest BCUT2D eigenvalue weighted by Gasteiger charge is 2.19. The van der Waals surface area contributed by atoms with E-state index in [4.69, 9.17) is 34.7 Å². The summed E-state index contributed by atoms with van der Waals surface area (Å²) in [5.74, 6) is -0.795. The molecule has 0 aliphatic rings. The minimum absolute atomic E-state index is 0.103. The highest BCUT2D eigenvalue weighted by atomic mass is 35.5. The van der Waals surface area contributed by atoms with Crippen LogP contribution >= 0.6 is 23.8 Å². The molecule has 1 heterocycles. The summed E-state index contributed by atoms with van der Waals surface area (Å²) in [4.78, 5) is 26.1. The first kappa shape index (κ1) is 24.8.